The lowest BCUT2D eigenvalue weighted by Crippen LogP contribution is -2.38. The summed E-state index contributed by atoms with van der Waals surface area (Å²) in [7, 11) is -1.73. The Morgan fingerprint density at radius 2 is 1.50 bits per heavy atom. The largest absolute Gasteiger partial charge is 0.527 e. The molecular weight excluding hydrogens is 734 g/mol. The summed E-state index contributed by atoms with van der Waals surface area (Å²) in [5.74, 6) is 1.14. The van der Waals surface area contributed by atoms with Gasteiger partial charge in [0.05, 0.1) is 25.8 Å². The molecule has 0 amide bonds. The van der Waals surface area contributed by atoms with Crippen molar-refractivity contribution in [3.8, 4) is 17.2 Å². The van der Waals surface area contributed by atoms with Crippen LogP contribution in [0, 0.1) is 6.92 Å². The van der Waals surface area contributed by atoms with Gasteiger partial charge >= 0.3 is 13.5 Å². The van der Waals surface area contributed by atoms with Crippen LogP contribution in [-0.4, -0.2) is 47.5 Å². The van der Waals surface area contributed by atoms with Crippen LogP contribution >= 0.6 is 31.0 Å². The molecule has 52 heavy (non-hydrogen) atoms. The maximum absolute atomic E-state index is 13.5. The van der Waals surface area contributed by atoms with Crippen LogP contribution in [0.5, 0.6) is 17.2 Å². The van der Waals surface area contributed by atoms with E-state index in [1.807, 2.05) is 78.9 Å². The number of rotatable bonds is 13. The number of ether oxygens (including phenoxy) is 4. The molecule has 15 heteroatoms. The Labute approximate surface area is 309 Å². The lowest BCUT2D eigenvalue weighted by atomic mass is 9.80. The molecule has 2 N–H and O–H groups in total. The predicted octanol–water partition coefficient (Wildman–Crippen LogP) is 7.03. The molecule has 4 aromatic carbocycles. The minimum absolute atomic E-state index is 0.00676. The van der Waals surface area contributed by atoms with Gasteiger partial charge in [0, 0.05) is 23.2 Å². The summed E-state index contributed by atoms with van der Waals surface area (Å²) in [6, 6.07) is 28.5. The third-order valence-electron chi connectivity index (χ3n) is 8.65. The number of H-pyrrole nitrogens is 1. The number of nitrogens with zero attached hydrogens (tertiary/aromatic N) is 1. The molecule has 1 aliphatic rings. The van der Waals surface area contributed by atoms with Gasteiger partial charge in [-0.25, -0.2) is 9.36 Å². The van der Waals surface area contributed by atoms with Gasteiger partial charge in [-0.1, -0.05) is 77.8 Å². The van der Waals surface area contributed by atoms with Crippen LogP contribution in [0.2, 0.25) is 10.0 Å². The third-order valence-corrected chi connectivity index (χ3v) is 10.1. The molecule has 1 aromatic heterocycles. The lowest BCUT2D eigenvalue weighted by Gasteiger charge is -2.37. The second-order valence-corrected chi connectivity index (χ2v) is 14.1. The average molecular weight is 770 g/mol. The lowest BCUT2D eigenvalue weighted by molar-refractivity contribution is -0.0933. The van der Waals surface area contributed by atoms with E-state index in [1.54, 1.807) is 21.1 Å². The number of aryl methyl sites for hydroxylation is 1. The first-order chi connectivity index (χ1) is 24.9. The fourth-order valence-electron chi connectivity index (χ4n) is 6.08. The second-order valence-electron chi connectivity index (χ2n) is 11.9. The molecule has 0 aliphatic carbocycles. The van der Waals surface area contributed by atoms with Crippen LogP contribution < -0.4 is 25.2 Å². The summed E-state index contributed by atoms with van der Waals surface area (Å²) in [6.07, 6.45) is -1.96. The Morgan fingerprint density at radius 1 is 0.904 bits per heavy atom. The first kappa shape index (κ1) is 37.4. The number of benzene rings is 4. The molecule has 12 nitrogen and oxygen atoms in total. The molecule has 1 fully saturated rings. The molecule has 2 heterocycles. The minimum Gasteiger partial charge on any atom is -0.497 e. The summed E-state index contributed by atoms with van der Waals surface area (Å²) in [4.78, 5) is 38.4. The maximum Gasteiger partial charge on any atom is 0.527 e. The second kappa shape index (κ2) is 15.7. The van der Waals surface area contributed by atoms with Crippen LogP contribution in [-0.2, 0) is 24.2 Å². The Balaban J connectivity index is 1.41. The van der Waals surface area contributed by atoms with E-state index in [0.29, 0.717) is 16.5 Å². The van der Waals surface area contributed by atoms with Crippen molar-refractivity contribution < 1.29 is 37.5 Å². The Hall–Kier alpha value is -4.39. The molecule has 1 unspecified atom stereocenters. The SMILES string of the molecule is COc1ccc(C(OC[C@H]2O[C@@H](n3cc(C)c(=O)[nH]c3=O)C[C@@H]2OP(=O)(O)Oc2ccc(Cl)cc2Cl)(c2ccccc2)c2ccc(OC)cc2)cc1. The molecule has 6 rings (SSSR count). The first-order valence-corrected chi connectivity index (χ1v) is 18.3. The molecule has 0 saturated carbocycles. The molecule has 1 saturated heterocycles. The van der Waals surface area contributed by atoms with Crippen molar-refractivity contribution in [1.82, 2.24) is 9.55 Å². The number of phosphoric ester groups is 1. The highest BCUT2D eigenvalue weighted by atomic mass is 35.5. The summed E-state index contributed by atoms with van der Waals surface area (Å²) in [6.45, 7) is 1.33. The first-order valence-electron chi connectivity index (χ1n) is 16.0. The van der Waals surface area contributed by atoms with Crippen molar-refractivity contribution in [2.45, 2.75) is 37.4 Å². The average Bonchev–Trinajstić information content (AvgIpc) is 3.53. The number of aromatic amines is 1. The van der Waals surface area contributed by atoms with Crippen molar-refractivity contribution >= 4 is 31.0 Å². The molecule has 0 spiro atoms. The number of hydrogen-bond donors (Lipinski definition) is 2. The molecule has 272 valence electrons. The Morgan fingerprint density at radius 3 is 2.08 bits per heavy atom. The summed E-state index contributed by atoms with van der Waals surface area (Å²) in [5.41, 5.74) is -0.0585. The van der Waals surface area contributed by atoms with Crippen LogP contribution in [0.4, 0.5) is 0 Å². The van der Waals surface area contributed by atoms with Crippen molar-refractivity contribution in [1.29, 1.82) is 0 Å². The van der Waals surface area contributed by atoms with Crippen LogP contribution in [0.1, 0.15) is 34.9 Å². The van der Waals surface area contributed by atoms with E-state index in [-0.39, 0.29) is 29.4 Å². The van der Waals surface area contributed by atoms with Gasteiger partial charge in [0.15, 0.2) is 0 Å². The summed E-state index contributed by atoms with van der Waals surface area (Å²) >= 11 is 12.2. The highest BCUT2D eigenvalue weighted by Gasteiger charge is 2.46. The van der Waals surface area contributed by atoms with Gasteiger partial charge < -0.3 is 23.5 Å². The van der Waals surface area contributed by atoms with Gasteiger partial charge in [-0.3, -0.25) is 23.8 Å². The van der Waals surface area contributed by atoms with E-state index < -0.39 is 43.1 Å². The van der Waals surface area contributed by atoms with Gasteiger partial charge in [-0.05, 0) is 66.1 Å². The smallest absolute Gasteiger partial charge is 0.497 e. The van der Waals surface area contributed by atoms with Gasteiger partial charge in [0.1, 0.15) is 41.3 Å². The summed E-state index contributed by atoms with van der Waals surface area (Å²) < 4.78 is 50.1. The summed E-state index contributed by atoms with van der Waals surface area (Å²) in [5, 5.41) is 0.292. The molecule has 1 aliphatic heterocycles. The van der Waals surface area contributed by atoms with Crippen LogP contribution in [0.25, 0.3) is 0 Å². The van der Waals surface area contributed by atoms with E-state index in [0.717, 1.165) is 16.7 Å². The zero-order valence-corrected chi connectivity index (χ0v) is 30.6. The number of nitrogens with one attached hydrogen (secondary N) is 1. The van der Waals surface area contributed by atoms with Crippen LogP contribution in [0.3, 0.4) is 0 Å². The van der Waals surface area contributed by atoms with Crippen molar-refractivity contribution in [2.75, 3.05) is 20.8 Å². The number of phosphoric acid groups is 1. The maximum atomic E-state index is 13.5. The van der Waals surface area contributed by atoms with Crippen molar-refractivity contribution in [2.24, 2.45) is 0 Å². The topological polar surface area (TPSA) is 148 Å². The highest BCUT2D eigenvalue weighted by molar-refractivity contribution is 7.47. The molecule has 0 radical (unpaired) electrons. The van der Waals surface area contributed by atoms with E-state index >= 15 is 0 Å². The number of methoxy groups -OCH3 is 2. The van der Waals surface area contributed by atoms with Crippen LogP contribution in [0.15, 0.2) is 113 Å². The number of hydrogen-bond acceptors (Lipinski definition) is 9. The minimum atomic E-state index is -4.88. The highest BCUT2D eigenvalue weighted by Crippen LogP contribution is 2.51. The Bertz CT molecular complexity index is 2130. The predicted molar refractivity (Wildman–Crippen MR) is 195 cm³/mol. The standard InChI is InChI=1S/C37H35Cl2N2O10P/c1-23-21-41(36(43)40-35(23)42)34-20-32(51-52(44,45)50-31-18-13-27(38)19-30(31)39)33(49-34)22-48-37(24-7-5-4-6-8-24,25-9-14-28(46-2)15-10-25)26-11-16-29(47-3)17-12-26/h4-19,21,32-34H,20,22H2,1-3H3,(H,44,45)(H,40,42,43)/t32-,33+,34+/m0/s1. The molecular formula is C37H35Cl2N2O10P. The van der Waals surface area contributed by atoms with Crippen molar-refractivity contribution in [3.63, 3.8) is 0 Å². The number of aromatic nitrogens is 2. The molecule has 5 aromatic rings. The number of halogens is 2. The zero-order valence-electron chi connectivity index (χ0n) is 28.2. The van der Waals surface area contributed by atoms with Gasteiger partial charge in [-0.15, -0.1) is 0 Å². The molecule has 4 atom stereocenters. The van der Waals surface area contributed by atoms with E-state index in [1.165, 1.54) is 29.0 Å². The van der Waals surface area contributed by atoms with Crippen molar-refractivity contribution in [3.05, 3.63) is 156 Å². The quantitative estimate of drug-likeness (QED) is 0.0945. The van der Waals surface area contributed by atoms with Gasteiger partial charge in [0.25, 0.3) is 5.56 Å². The normalized spacial score (nSPS) is 18.5. The van der Waals surface area contributed by atoms with Gasteiger partial charge in [-0.2, -0.15) is 0 Å². The monoisotopic (exact) mass is 768 g/mol. The van der Waals surface area contributed by atoms with E-state index in [4.69, 9.17) is 51.2 Å². The fraction of sp³-hybridized carbons (Fsp3) is 0.243. The fourth-order valence-corrected chi connectivity index (χ4v) is 7.60. The van der Waals surface area contributed by atoms with E-state index in [2.05, 4.69) is 4.98 Å². The molecule has 0 bridgehead atoms. The third kappa shape index (κ3) is 7.99. The van der Waals surface area contributed by atoms with E-state index in [9.17, 15) is 19.0 Å². The Kier molecular flexibility index (Phi) is 11.3. The zero-order chi connectivity index (χ0) is 37.0. The van der Waals surface area contributed by atoms with Gasteiger partial charge in [0.2, 0.25) is 0 Å².